The molecule has 3 rings (SSSR count). The lowest BCUT2D eigenvalue weighted by atomic mass is 10.2. The fraction of sp³-hybridized carbons (Fsp3) is 0.0526. The van der Waals surface area contributed by atoms with Crippen LogP contribution in [-0.4, -0.2) is 4.98 Å². The van der Waals surface area contributed by atoms with E-state index in [1.807, 2.05) is 30.3 Å². The Morgan fingerprint density at radius 3 is 2.57 bits per heavy atom. The van der Waals surface area contributed by atoms with Crippen LogP contribution in [0.5, 0.6) is 0 Å². The van der Waals surface area contributed by atoms with Crippen LogP contribution in [0.25, 0.3) is 16.8 Å². The standard InChI is InChI=1S/C19H10BrClF3N3S/c20-14-4-1-11(2-5-14)17-10-28-18(27-17)12(8-25)9-26-16-7-13(19(22,23)24)3-6-15(16)21/h1-7,9-10,26H. The highest BCUT2D eigenvalue weighted by Crippen LogP contribution is 2.34. The molecule has 0 aliphatic rings. The monoisotopic (exact) mass is 483 g/mol. The van der Waals surface area contributed by atoms with Crippen LogP contribution in [0.15, 0.2) is 58.5 Å². The predicted octanol–water partition coefficient (Wildman–Crippen LogP) is 7.22. The van der Waals surface area contributed by atoms with E-state index in [-0.39, 0.29) is 16.3 Å². The van der Waals surface area contributed by atoms with Crippen LogP contribution >= 0.6 is 38.9 Å². The summed E-state index contributed by atoms with van der Waals surface area (Å²) in [4.78, 5) is 4.43. The summed E-state index contributed by atoms with van der Waals surface area (Å²) in [6.45, 7) is 0. The Hall–Kier alpha value is -2.34. The summed E-state index contributed by atoms with van der Waals surface area (Å²) in [5.41, 5.74) is 0.983. The highest BCUT2D eigenvalue weighted by Gasteiger charge is 2.30. The van der Waals surface area contributed by atoms with Crippen LogP contribution in [-0.2, 0) is 6.18 Å². The Labute approximate surface area is 176 Å². The third kappa shape index (κ3) is 4.73. The molecule has 0 unspecified atom stereocenters. The van der Waals surface area contributed by atoms with Gasteiger partial charge in [0.2, 0.25) is 0 Å². The molecule has 0 amide bonds. The van der Waals surface area contributed by atoms with Crippen molar-refractivity contribution < 1.29 is 13.2 Å². The Kier molecular flexibility index (Phi) is 6.08. The number of benzene rings is 2. The Balaban J connectivity index is 1.86. The summed E-state index contributed by atoms with van der Waals surface area (Å²) >= 11 is 10.6. The smallest absolute Gasteiger partial charge is 0.359 e. The molecule has 0 aliphatic heterocycles. The zero-order valence-electron chi connectivity index (χ0n) is 13.9. The molecule has 0 saturated carbocycles. The molecule has 0 fully saturated rings. The van der Waals surface area contributed by atoms with Gasteiger partial charge in [-0.1, -0.05) is 39.7 Å². The quantitative estimate of drug-likeness (QED) is 0.398. The molecule has 142 valence electrons. The Morgan fingerprint density at radius 2 is 1.93 bits per heavy atom. The van der Waals surface area contributed by atoms with Crippen LogP contribution in [0.3, 0.4) is 0 Å². The number of nitrogens with zero attached hydrogens (tertiary/aromatic N) is 2. The molecule has 0 bridgehead atoms. The first-order valence-corrected chi connectivity index (χ1v) is 9.78. The van der Waals surface area contributed by atoms with Crippen molar-refractivity contribution in [2.24, 2.45) is 0 Å². The van der Waals surface area contributed by atoms with Gasteiger partial charge < -0.3 is 5.32 Å². The SMILES string of the molecule is N#CC(=CNc1cc(C(F)(F)F)ccc1Cl)c1nc(-c2ccc(Br)cc2)cs1. The number of anilines is 1. The summed E-state index contributed by atoms with van der Waals surface area (Å²) in [6.07, 6.45) is -3.19. The Bertz CT molecular complexity index is 1070. The van der Waals surface area contributed by atoms with Gasteiger partial charge in [-0.15, -0.1) is 11.3 Å². The second-order valence-electron chi connectivity index (χ2n) is 5.55. The third-order valence-electron chi connectivity index (χ3n) is 3.66. The molecule has 9 heteroatoms. The lowest BCUT2D eigenvalue weighted by molar-refractivity contribution is -0.137. The second-order valence-corrected chi connectivity index (χ2v) is 7.73. The number of thiazole rings is 1. The zero-order chi connectivity index (χ0) is 20.3. The van der Waals surface area contributed by atoms with E-state index in [2.05, 4.69) is 26.2 Å². The van der Waals surface area contributed by atoms with E-state index in [9.17, 15) is 18.4 Å². The molecule has 28 heavy (non-hydrogen) atoms. The van der Waals surface area contributed by atoms with E-state index in [0.717, 1.165) is 28.2 Å². The average molecular weight is 485 g/mol. The topological polar surface area (TPSA) is 48.7 Å². The van der Waals surface area contributed by atoms with E-state index in [1.54, 1.807) is 5.38 Å². The summed E-state index contributed by atoms with van der Waals surface area (Å²) in [6, 6.07) is 12.5. The number of hydrogen-bond donors (Lipinski definition) is 1. The van der Waals surface area contributed by atoms with Gasteiger partial charge in [-0.2, -0.15) is 18.4 Å². The van der Waals surface area contributed by atoms with Gasteiger partial charge in [0.25, 0.3) is 0 Å². The first kappa shape index (κ1) is 20.4. The van der Waals surface area contributed by atoms with Crippen molar-refractivity contribution >= 4 is 50.1 Å². The molecule has 2 aromatic carbocycles. The van der Waals surface area contributed by atoms with E-state index >= 15 is 0 Å². The highest BCUT2D eigenvalue weighted by atomic mass is 79.9. The summed E-state index contributed by atoms with van der Waals surface area (Å²) < 4.78 is 39.5. The van der Waals surface area contributed by atoms with Crippen molar-refractivity contribution in [1.29, 1.82) is 5.26 Å². The van der Waals surface area contributed by atoms with Crippen molar-refractivity contribution in [3.05, 3.63) is 74.1 Å². The van der Waals surface area contributed by atoms with Gasteiger partial charge in [-0.25, -0.2) is 4.98 Å². The van der Waals surface area contributed by atoms with Gasteiger partial charge in [-0.3, -0.25) is 0 Å². The van der Waals surface area contributed by atoms with Gasteiger partial charge in [0.1, 0.15) is 16.6 Å². The average Bonchev–Trinajstić information content (AvgIpc) is 3.13. The second kappa shape index (κ2) is 8.35. The van der Waals surface area contributed by atoms with Gasteiger partial charge in [0, 0.05) is 21.6 Å². The maximum Gasteiger partial charge on any atom is 0.416 e. The number of halogens is 5. The molecule has 3 aromatic rings. The number of allylic oxidation sites excluding steroid dienone is 1. The lowest BCUT2D eigenvalue weighted by Gasteiger charge is -2.10. The first-order chi connectivity index (χ1) is 13.3. The number of aromatic nitrogens is 1. The first-order valence-electron chi connectivity index (χ1n) is 7.73. The molecule has 1 heterocycles. The Morgan fingerprint density at radius 1 is 1.21 bits per heavy atom. The van der Waals surface area contributed by atoms with E-state index < -0.39 is 11.7 Å². The summed E-state index contributed by atoms with van der Waals surface area (Å²) in [5.74, 6) is 0. The molecular formula is C19H10BrClF3N3S. The fourth-order valence-corrected chi connectivity index (χ4v) is 3.49. The summed E-state index contributed by atoms with van der Waals surface area (Å²) in [7, 11) is 0. The van der Waals surface area contributed by atoms with Crippen molar-refractivity contribution in [2.45, 2.75) is 6.18 Å². The molecule has 0 atom stereocenters. The van der Waals surface area contributed by atoms with E-state index in [4.69, 9.17) is 11.6 Å². The third-order valence-corrected chi connectivity index (χ3v) is 5.39. The van der Waals surface area contributed by atoms with E-state index in [0.29, 0.717) is 10.7 Å². The van der Waals surface area contributed by atoms with Crippen LogP contribution in [0.2, 0.25) is 5.02 Å². The van der Waals surface area contributed by atoms with Crippen molar-refractivity contribution in [3.63, 3.8) is 0 Å². The largest absolute Gasteiger partial charge is 0.416 e. The van der Waals surface area contributed by atoms with Gasteiger partial charge in [-0.05, 0) is 30.3 Å². The normalized spacial score (nSPS) is 11.9. The predicted molar refractivity (Wildman–Crippen MR) is 109 cm³/mol. The van der Waals surface area contributed by atoms with Crippen LogP contribution < -0.4 is 5.32 Å². The zero-order valence-corrected chi connectivity index (χ0v) is 17.0. The molecule has 0 radical (unpaired) electrons. The molecule has 1 N–H and O–H groups in total. The van der Waals surface area contributed by atoms with Crippen molar-refractivity contribution in [2.75, 3.05) is 5.32 Å². The molecule has 0 aliphatic carbocycles. The number of nitriles is 1. The van der Waals surface area contributed by atoms with Gasteiger partial charge in [0.05, 0.1) is 22.0 Å². The maximum absolute atomic E-state index is 12.9. The minimum atomic E-state index is -4.49. The van der Waals surface area contributed by atoms with Gasteiger partial charge in [0.15, 0.2) is 0 Å². The van der Waals surface area contributed by atoms with E-state index in [1.165, 1.54) is 17.5 Å². The fourth-order valence-electron chi connectivity index (χ4n) is 2.25. The molecular weight excluding hydrogens is 475 g/mol. The minimum absolute atomic E-state index is 0.0499. The number of alkyl halides is 3. The van der Waals surface area contributed by atoms with Gasteiger partial charge >= 0.3 is 6.18 Å². The van der Waals surface area contributed by atoms with Crippen LogP contribution in [0.4, 0.5) is 18.9 Å². The van der Waals surface area contributed by atoms with Crippen LogP contribution in [0, 0.1) is 11.3 Å². The number of nitrogens with one attached hydrogen (secondary N) is 1. The minimum Gasteiger partial charge on any atom is -0.359 e. The molecule has 1 aromatic heterocycles. The van der Waals surface area contributed by atoms with Crippen LogP contribution in [0.1, 0.15) is 10.6 Å². The van der Waals surface area contributed by atoms with Crippen molar-refractivity contribution in [1.82, 2.24) is 4.98 Å². The molecule has 3 nitrogen and oxygen atoms in total. The molecule has 0 spiro atoms. The lowest BCUT2D eigenvalue weighted by Crippen LogP contribution is -2.05. The summed E-state index contributed by atoms with van der Waals surface area (Å²) in [5, 5.41) is 14.4. The maximum atomic E-state index is 12.9. The highest BCUT2D eigenvalue weighted by molar-refractivity contribution is 9.10. The number of rotatable bonds is 4. The number of hydrogen-bond acceptors (Lipinski definition) is 4. The molecule has 0 saturated heterocycles. The van der Waals surface area contributed by atoms with Crippen molar-refractivity contribution in [3.8, 4) is 17.3 Å².